The Hall–Kier alpha value is -6.67. The maximum atomic E-state index is 16.3. The maximum absolute atomic E-state index is 16.3. The Morgan fingerprint density at radius 1 is 0.818 bits per heavy atom. The van der Waals surface area contributed by atoms with Crippen LogP contribution in [0.25, 0.3) is 5.57 Å². The Labute approximate surface area is 519 Å². The highest BCUT2D eigenvalue weighted by Gasteiger charge is 2.49. The molecule has 0 spiro atoms. The molecular weight excluding hydrogens is 1220 g/mol. The van der Waals surface area contributed by atoms with E-state index in [2.05, 4.69) is 51.3 Å². The lowest BCUT2D eigenvalue weighted by atomic mass is 9.73. The third kappa shape index (κ3) is 14.2. The molecule has 0 radical (unpaired) electrons. The number of anilines is 2. The van der Waals surface area contributed by atoms with Crippen LogP contribution in [0, 0.1) is 11.2 Å². The minimum Gasteiger partial charge on any atom is -0.380 e. The van der Waals surface area contributed by atoms with Crippen LogP contribution in [0.3, 0.4) is 0 Å². The number of thioether (sulfide) groups is 1. The second-order valence-electron chi connectivity index (χ2n) is 24.1. The molecule has 4 atom stereocenters. The van der Waals surface area contributed by atoms with Gasteiger partial charge in [-0.1, -0.05) is 67.4 Å². The van der Waals surface area contributed by atoms with E-state index in [1.54, 1.807) is 12.1 Å². The molecule has 5 aliphatic rings. The van der Waals surface area contributed by atoms with Crippen molar-refractivity contribution in [1.29, 1.82) is 0 Å². The average molecular weight is 1290 g/mol. The summed E-state index contributed by atoms with van der Waals surface area (Å²) in [5.74, 6) is -4.88. The van der Waals surface area contributed by atoms with Gasteiger partial charge in [-0.15, -0.1) is 11.8 Å². The Bertz CT molecular complexity index is 3760. The smallest absolute Gasteiger partial charge is 0.380 e. The number of nitrogens with one attached hydrogen (secondary N) is 3. The fourth-order valence-electron chi connectivity index (χ4n) is 12.6. The van der Waals surface area contributed by atoms with Gasteiger partial charge in [0.1, 0.15) is 16.8 Å². The number of alkyl halides is 3. The summed E-state index contributed by atoms with van der Waals surface area (Å²) in [6.45, 7) is 13.5. The highest BCUT2D eigenvalue weighted by molar-refractivity contribution is 7.99. The highest BCUT2D eigenvalue weighted by Crippen LogP contribution is 2.43. The summed E-state index contributed by atoms with van der Waals surface area (Å²) in [6.07, 6.45) is 3.16. The van der Waals surface area contributed by atoms with E-state index in [-0.39, 0.29) is 65.7 Å². The van der Waals surface area contributed by atoms with Crippen molar-refractivity contribution in [3.63, 3.8) is 0 Å². The molecule has 4 heterocycles. The topological polar surface area (TPSA) is 206 Å². The number of halogens is 5. The fraction of sp³-hybridized carbons (Fsp3) is 0.413. The van der Waals surface area contributed by atoms with E-state index in [0.717, 1.165) is 61.6 Å². The molecule has 3 fully saturated rings. The quantitative estimate of drug-likeness (QED) is 0.0400. The highest BCUT2D eigenvalue weighted by atomic mass is 35.5. The molecule has 10 rings (SSSR count). The lowest BCUT2D eigenvalue weighted by molar-refractivity contribution is -0.136. The zero-order valence-electron chi connectivity index (χ0n) is 49.0. The van der Waals surface area contributed by atoms with Crippen molar-refractivity contribution in [2.24, 2.45) is 5.41 Å². The molecule has 0 aromatic heterocycles. The summed E-state index contributed by atoms with van der Waals surface area (Å²) in [7, 11) is -11.2. The number of hydrogen-bond donors (Lipinski definition) is 3. The van der Waals surface area contributed by atoms with E-state index >= 15 is 4.39 Å². The first-order valence-corrected chi connectivity index (χ1v) is 33.5. The molecule has 5 aromatic carbocycles. The molecule has 0 bridgehead atoms. The van der Waals surface area contributed by atoms with Gasteiger partial charge in [0.05, 0.1) is 21.7 Å². The number of carbonyl (C=O) groups is 5. The number of amides is 5. The number of hydrogen-bond acceptors (Lipinski definition) is 15. The van der Waals surface area contributed by atoms with Gasteiger partial charge >= 0.3 is 5.51 Å². The van der Waals surface area contributed by atoms with E-state index in [1.807, 2.05) is 65.9 Å². The number of carbonyl (C=O) groups excluding carboxylic acids is 5. The van der Waals surface area contributed by atoms with Gasteiger partial charge in [0.2, 0.25) is 11.8 Å². The van der Waals surface area contributed by atoms with Crippen LogP contribution in [0.2, 0.25) is 5.02 Å². The van der Waals surface area contributed by atoms with Crippen molar-refractivity contribution in [3.05, 3.63) is 153 Å². The predicted molar refractivity (Wildman–Crippen MR) is 329 cm³/mol. The van der Waals surface area contributed by atoms with Crippen LogP contribution in [0.4, 0.5) is 28.9 Å². The zero-order valence-corrected chi connectivity index (χ0v) is 52.2. The SMILES string of the molecule is CC1CN(Cc2ccc3c(c2F)C(=O)N(C2CCC(=O)NC2=O)C3=O)CC(C)N1CC[C@H](CSc1ccccc1)Nc1ccc(S(=O)(=O)NC(=O)c2ccc(N3CCN(CC4=C(c5ccc(Cl)cc5)CCC(C)(C)C4)CC3)cc2)cc1S(=O)(=O)C(F)(F)F. The molecular formula is C63H69ClF4N8O9S3. The largest absolute Gasteiger partial charge is 0.501 e. The van der Waals surface area contributed by atoms with E-state index < -0.39 is 93.8 Å². The van der Waals surface area contributed by atoms with Crippen molar-refractivity contribution in [2.45, 2.75) is 117 Å². The number of piperazine rings is 2. The number of sulfone groups is 1. The van der Waals surface area contributed by atoms with Crippen molar-refractivity contribution in [1.82, 2.24) is 29.6 Å². The Balaban J connectivity index is 0.793. The van der Waals surface area contributed by atoms with Crippen LogP contribution in [0.1, 0.15) is 108 Å². The fourth-order valence-corrected chi connectivity index (χ4v) is 15.7. The lowest BCUT2D eigenvalue weighted by Crippen LogP contribution is -2.56. The molecule has 88 heavy (non-hydrogen) atoms. The summed E-state index contributed by atoms with van der Waals surface area (Å²) in [4.78, 5) is 72.8. The molecule has 4 aliphatic heterocycles. The number of rotatable bonds is 19. The minimum absolute atomic E-state index is 0.0521. The molecule has 3 saturated heterocycles. The first-order valence-electron chi connectivity index (χ1n) is 29.2. The van der Waals surface area contributed by atoms with Crippen LogP contribution < -0.4 is 20.3 Å². The standard InChI is InChI=1S/C63H69ClF4N8O9S3/c1-39-34-73(36-43-14-20-51-56(57(43)65)61(81)76(60(51)80)53-22-23-55(77)70-59(53)79)35-40(2)75(39)27-25-46(38-86-48-8-6-5-7-9-48)69-52-21-19-49(32-54(52)87(82,83)63(66,67)68)88(84,85)71-58(78)42-12-17-47(18-13-42)74-30-28-72(29-31-74)37-44-33-62(3,4)26-24-50(44)41-10-15-45(64)16-11-41/h5-21,32,39-40,46,53,69H,22-31,33-38H2,1-4H3,(H,71,78)(H,70,77,79)/t39?,40?,46-,53?/m1/s1. The van der Waals surface area contributed by atoms with E-state index in [0.29, 0.717) is 48.7 Å². The number of imide groups is 2. The summed E-state index contributed by atoms with van der Waals surface area (Å²) in [6, 6.07) is 26.2. The van der Waals surface area contributed by atoms with Gasteiger partial charge in [-0.3, -0.25) is 48.9 Å². The van der Waals surface area contributed by atoms with Gasteiger partial charge < -0.3 is 10.2 Å². The third-order valence-electron chi connectivity index (χ3n) is 17.2. The van der Waals surface area contributed by atoms with E-state index in [9.17, 15) is 54.0 Å². The lowest BCUT2D eigenvalue weighted by Gasteiger charge is -2.45. The van der Waals surface area contributed by atoms with Crippen molar-refractivity contribution >= 4 is 89.7 Å². The second kappa shape index (κ2) is 26.0. The van der Waals surface area contributed by atoms with Gasteiger partial charge in [0, 0.05) is 116 Å². The number of allylic oxidation sites excluding steroid dienone is 1. The number of benzene rings is 5. The van der Waals surface area contributed by atoms with Crippen molar-refractivity contribution < 1.29 is 58.4 Å². The summed E-state index contributed by atoms with van der Waals surface area (Å²) >= 11 is 7.58. The second-order valence-corrected chi connectivity index (χ2v) is 29.2. The molecule has 0 saturated carbocycles. The molecule has 25 heteroatoms. The average Bonchev–Trinajstić information content (AvgIpc) is 1.67. The molecule has 1 aliphatic carbocycles. The molecule has 5 aromatic rings. The van der Waals surface area contributed by atoms with Gasteiger partial charge in [-0.2, -0.15) is 13.2 Å². The van der Waals surface area contributed by atoms with E-state index in [4.69, 9.17) is 11.6 Å². The first kappa shape index (κ1) is 64.3. The van der Waals surface area contributed by atoms with Gasteiger partial charge in [0.25, 0.3) is 37.6 Å². The maximum Gasteiger partial charge on any atom is 0.501 e. The summed E-state index contributed by atoms with van der Waals surface area (Å²) < 4.78 is 117. The number of nitrogens with zero attached hydrogens (tertiary/aromatic N) is 5. The molecule has 5 amide bonds. The first-order chi connectivity index (χ1) is 41.7. The van der Waals surface area contributed by atoms with Crippen LogP contribution in [-0.4, -0.2) is 154 Å². The Kier molecular flexibility index (Phi) is 19.0. The van der Waals surface area contributed by atoms with Crippen molar-refractivity contribution in [2.75, 3.05) is 68.3 Å². The number of piperidine rings is 1. The molecule has 3 unspecified atom stereocenters. The third-order valence-corrected chi connectivity index (χ3v) is 21.5. The van der Waals surface area contributed by atoms with Crippen LogP contribution in [-0.2, 0) is 36.0 Å². The summed E-state index contributed by atoms with van der Waals surface area (Å²) in [5, 5.41) is 5.83. The van der Waals surface area contributed by atoms with Crippen LogP contribution in [0.5, 0.6) is 0 Å². The number of sulfonamides is 1. The van der Waals surface area contributed by atoms with E-state index in [1.165, 1.54) is 52.7 Å². The summed E-state index contributed by atoms with van der Waals surface area (Å²) in [5.41, 5.74) is -1.89. The Morgan fingerprint density at radius 3 is 2.16 bits per heavy atom. The monoisotopic (exact) mass is 1290 g/mol. The van der Waals surface area contributed by atoms with Gasteiger partial charge in [-0.05, 0) is 135 Å². The molecule has 17 nitrogen and oxygen atoms in total. The van der Waals surface area contributed by atoms with Crippen molar-refractivity contribution in [3.8, 4) is 0 Å². The minimum atomic E-state index is -6.21. The Morgan fingerprint density at radius 2 is 1.50 bits per heavy atom. The zero-order chi connectivity index (χ0) is 63.0. The van der Waals surface area contributed by atoms with Crippen LogP contribution in [0.15, 0.2) is 129 Å². The molecule has 468 valence electrons. The van der Waals surface area contributed by atoms with Gasteiger partial charge in [0.15, 0.2) is 0 Å². The normalized spacial score (nSPS) is 21.1. The molecule has 3 N–H and O–H groups in total. The van der Waals surface area contributed by atoms with Gasteiger partial charge in [-0.25, -0.2) is 25.9 Å². The van der Waals surface area contributed by atoms with Crippen LogP contribution >= 0.6 is 23.4 Å². The predicted octanol–water partition coefficient (Wildman–Crippen LogP) is 9.64. The number of fused-ring (bicyclic) bond motifs is 1.